The van der Waals surface area contributed by atoms with E-state index in [1.54, 1.807) is 19.2 Å². The van der Waals surface area contributed by atoms with Gasteiger partial charge in [0.05, 0.1) is 11.4 Å². The maximum Gasteiger partial charge on any atom is 0.193 e. The molecule has 0 aliphatic heterocycles. The Labute approximate surface area is 165 Å². The zero-order valence-corrected chi connectivity index (χ0v) is 17.2. The van der Waals surface area contributed by atoms with Gasteiger partial charge in [-0.3, -0.25) is 4.99 Å². The monoisotopic (exact) mass is 409 g/mol. The summed E-state index contributed by atoms with van der Waals surface area (Å²) in [5.41, 5.74) is 1.13. The van der Waals surface area contributed by atoms with Crippen LogP contribution in [0.15, 0.2) is 58.4 Å². The highest BCUT2D eigenvalue weighted by Gasteiger charge is 2.08. The molecular formula is C19H24ClN3O3S. The van der Waals surface area contributed by atoms with Gasteiger partial charge in [0.2, 0.25) is 0 Å². The third-order valence-electron chi connectivity index (χ3n) is 3.81. The molecule has 0 heterocycles. The summed E-state index contributed by atoms with van der Waals surface area (Å²) in [5, 5.41) is 3.95. The summed E-state index contributed by atoms with van der Waals surface area (Å²) in [6.45, 7) is 1.68. The lowest BCUT2D eigenvalue weighted by atomic mass is 10.2. The number of nitrogens with zero attached hydrogens (tertiary/aromatic N) is 2. The number of ether oxygens (including phenoxy) is 1. The molecule has 1 N–H and O–H groups in total. The van der Waals surface area contributed by atoms with Gasteiger partial charge in [0.1, 0.15) is 12.4 Å². The van der Waals surface area contributed by atoms with Crippen molar-refractivity contribution in [3.63, 3.8) is 0 Å². The Morgan fingerprint density at radius 3 is 2.33 bits per heavy atom. The first-order chi connectivity index (χ1) is 12.8. The van der Waals surface area contributed by atoms with Crippen molar-refractivity contribution in [2.45, 2.75) is 11.4 Å². The lowest BCUT2D eigenvalue weighted by Gasteiger charge is -2.22. The van der Waals surface area contributed by atoms with E-state index in [0.29, 0.717) is 30.5 Å². The number of rotatable bonds is 7. The molecule has 2 aromatic carbocycles. The molecule has 2 rings (SSSR count). The highest BCUT2D eigenvalue weighted by atomic mass is 35.5. The van der Waals surface area contributed by atoms with E-state index in [1.165, 1.54) is 18.4 Å². The molecule has 0 saturated carbocycles. The summed E-state index contributed by atoms with van der Waals surface area (Å²) in [6.07, 6.45) is 1.18. The fourth-order valence-electron chi connectivity index (χ4n) is 2.44. The van der Waals surface area contributed by atoms with Crippen LogP contribution in [0.1, 0.15) is 5.56 Å². The van der Waals surface area contributed by atoms with E-state index in [1.807, 2.05) is 36.2 Å². The van der Waals surface area contributed by atoms with Gasteiger partial charge in [-0.15, -0.1) is 0 Å². The first-order valence-electron chi connectivity index (χ1n) is 8.39. The summed E-state index contributed by atoms with van der Waals surface area (Å²) in [5.74, 6) is 1.37. The van der Waals surface area contributed by atoms with Gasteiger partial charge in [-0.25, -0.2) is 8.42 Å². The van der Waals surface area contributed by atoms with Crippen molar-refractivity contribution in [1.82, 2.24) is 10.2 Å². The van der Waals surface area contributed by atoms with Crippen molar-refractivity contribution in [3.8, 4) is 5.75 Å². The number of hydrogen-bond donors (Lipinski definition) is 1. The number of sulfone groups is 1. The van der Waals surface area contributed by atoms with E-state index in [9.17, 15) is 8.42 Å². The molecule has 0 fully saturated rings. The van der Waals surface area contributed by atoms with Crippen molar-refractivity contribution in [2.24, 2.45) is 4.99 Å². The van der Waals surface area contributed by atoms with Crippen LogP contribution < -0.4 is 10.1 Å². The molecule has 0 unspecified atom stereocenters. The van der Waals surface area contributed by atoms with Crippen molar-refractivity contribution in [2.75, 3.05) is 33.5 Å². The second-order valence-corrected chi connectivity index (χ2v) is 8.50. The molecule has 27 heavy (non-hydrogen) atoms. The predicted octanol–water partition coefficient (Wildman–Crippen LogP) is 2.83. The lowest BCUT2D eigenvalue weighted by Crippen LogP contribution is -2.40. The quantitative estimate of drug-likeness (QED) is 0.432. The van der Waals surface area contributed by atoms with Crippen LogP contribution in [0.4, 0.5) is 0 Å². The molecule has 0 aliphatic carbocycles. The Balaban J connectivity index is 1.79. The summed E-state index contributed by atoms with van der Waals surface area (Å²) in [7, 11) is 0.487. The van der Waals surface area contributed by atoms with Crippen LogP contribution in [0.3, 0.4) is 0 Å². The number of guanidine groups is 1. The largest absolute Gasteiger partial charge is 0.492 e. The van der Waals surface area contributed by atoms with Crippen LogP contribution >= 0.6 is 11.6 Å². The Morgan fingerprint density at radius 1 is 1.15 bits per heavy atom. The molecule has 0 aromatic heterocycles. The van der Waals surface area contributed by atoms with Gasteiger partial charge in [0, 0.05) is 31.9 Å². The number of nitrogens with one attached hydrogen (secondary N) is 1. The van der Waals surface area contributed by atoms with Crippen LogP contribution in [-0.4, -0.2) is 52.8 Å². The second kappa shape index (κ2) is 9.62. The Bertz CT molecular complexity index is 866. The van der Waals surface area contributed by atoms with Crippen LogP contribution in [0.2, 0.25) is 5.02 Å². The van der Waals surface area contributed by atoms with E-state index in [0.717, 1.165) is 11.5 Å². The van der Waals surface area contributed by atoms with Crippen LogP contribution in [0.25, 0.3) is 0 Å². The molecule has 0 atom stereocenters. The smallest absolute Gasteiger partial charge is 0.193 e. The molecule has 0 radical (unpaired) electrons. The molecule has 2 aromatic rings. The Morgan fingerprint density at radius 2 is 1.78 bits per heavy atom. The summed E-state index contributed by atoms with van der Waals surface area (Å²) < 4.78 is 28.5. The third-order valence-corrected chi connectivity index (χ3v) is 5.19. The number of benzene rings is 2. The van der Waals surface area contributed by atoms with E-state index >= 15 is 0 Å². The second-order valence-electron chi connectivity index (χ2n) is 6.05. The maximum atomic E-state index is 11.4. The maximum absolute atomic E-state index is 11.4. The molecule has 0 bridgehead atoms. The summed E-state index contributed by atoms with van der Waals surface area (Å²) in [4.78, 5) is 6.55. The highest BCUT2D eigenvalue weighted by Crippen LogP contribution is 2.15. The Hall–Kier alpha value is -2.25. The molecule has 0 aliphatic rings. The van der Waals surface area contributed by atoms with E-state index in [-0.39, 0.29) is 4.90 Å². The average molecular weight is 410 g/mol. The molecule has 146 valence electrons. The van der Waals surface area contributed by atoms with Gasteiger partial charge in [-0.05, 0) is 42.0 Å². The number of halogens is 1. The fourth-order valence-corrected chi connectivity index (χ4v) is 3.19. The van der Waals surface area contributed by atoms with E-state index in [4.69, 9.17) is 16.3 Å². The SMILES string of the molecule is CN=C(NCCOc1ccc(S(C)(=O)=O)cc1)N(C)Cc1ccc(Cl)cc1. The molecule has 8 heteroatoms. The minimum atomic E-state index is -3.19. The van der Waals surface area contributed by atoms with E-state index in [2.05, 4.69) is 10.3 Å². The van der Waals surface area contributed by atoms with Crippen molar-refractivity contribution < 1.29 is 13.2 Å². The highest BCUT2D eigenvalue weighted by molar-refractivity contribution is 7.90. The van der Waals surface area contributed by atoms with Gasteiger partial charge < -0.3 is 15.0 Å². The van der Waals surface area contributed by atoms with Crippen molar-refractivity contribution in [3.05, 3.63) is 59.1 Å². The topological polar surface area (TPSA) is 71.0 Å². The van der Waals surface area contributed by atoms with Gasteiger partial charge in [0.25, 0.3) is 0 Å². The molecule has 6 nitrogen and oxygen atoms in total. The van der Waals surface area contributed by atoms with Crippen LogP contribution in [0, 0.1) is 0 Å². The minimum absolute atomic E-state index is 0.275. The molecular weight excluding hydrogens is 386 g/mol. The van der Waals surface area contributed by atoms with Gasteiger partial charge in [-0.2, -0.15) is 0 Å². The van der Waals surface area contributed by atoms with Crippen LogP contribution in [-0.2, 0) is 16.4 Å². The molecule has 0 amide bonds. The lowest BCUT2D eigenvalue weighted by molar-refractivity contribution is 0.319. The van der Waals surface area contributed by atoms with Gasteiger partial charge >= 0.3 is 0 Å². The van der Waals surface area contributed by atoms with Crippen LogP contribution in [0.5, 0.6) is 5.75 Å². The molecule has 0 spiro atoms. The van der Waals surface area contributed by atoms with Gasteiger partial charge in [0.15, 0.2) is 15.8 Å². The standard InChI is InChI=1S/C19H24ClN3O3S/c1-21-19(23(2)14-15-4-6-16(20)7-5-15)22-12-13-26-17-8-10-18(11-9-17)27(3,24)25/h4-11H,12-14H2,1-3H3,(H,21,22). The summed E-state index contributed by atoms with van der Waals surface area (Å²) >= 11 is 5.91. The molecule has 0 saturated heterocycles. The van der Waals surface area contributed by atoms with Crippen molar-refractivity contribution >= 4 is 27.4 Å². The number of aliphatic imine (C=N–C) groups is 1. The average Bonchev–Trinajstić information content (AvgIpc) is 2.63. The normalized spacial score (nSPS) is 11.9. The van der Waals surface area contributed by atoms with E-state index < -0.39 is 9.84 Å². The fraction of sp³-hybridized carbons (Fsp3) is 0.316. The Kier molecular flexibility index (Phi) is 7.50. The summed E-state index contributed by atoms with van der Waals surface area (Å²) in [6, 6.07) is 14.1. The zero-order valence-electron chi connectivity index (χ0n) is 15.6. The predicted molar refractivity (Wildman–Crippen MR) is 109 cm³/mol. The number of hydrogen-bond acceptors (Lipinski definition) is 4. The first kappa shape index (κ1) is 21.1. The van der Waals surface area contributed by atoms with Gasteiger partial charge in [-0.1, -0.05) is 23.7 Å². The third kappa shape index (κ3) is 6.77. The zero-order chi connectivity index (χ0) is 19.9. The first-order valence-corrected chi connectivity index (χ1v) is 10.7. The minimum Gasteiger partial charge on any atom is -0.492 e. The van der Waals surface area contributed by atoms with Crippen molar-refractivity contribution in [1.29, 1.82) is 0 Å².